The molecular formula is C22H28BrF4NO2. The number of nitrogens with zero attached hydrogens (tertiary/aromatic N) is 1. The minimum absolute atomic E-state index is 0. The number of hydrogen-bond donors (Lipinski definition) is 1. The molecule has 0 saturated heterocycles. The van der Waals surface area contributed by atoms with E-state index in [0.717, 1.165) is 44.2 Å². The minimum Gasteiger partial charge on any atom is -0.428 e. The van der Waals surface area contributed by atoms with Crippen LogP contribution in [0.1, 0.15) is 63.0 Å². The van der Waals surface area contributed by atoms with Gasteiger partial charge in [0.05, 0.1) is 0 Å². The molecule has 2 rings (SSSR count). The number of unbranched alkanes of at least 4 members (excludes halogenated alkanes) is 5. The van der Waals surface area contributed by atoms with E-state index >= 15 is 0 Å². The molecule has 0 fully saturated rings. The Labute approximate surface area is 185 Å². The number of rotatable bonds is 12. The zero-order valence-corrected chi connectivity index (χ0v) is 18.6. The number of aromatic nitrogens is 1. The summed E-state index contributed by atoms with van der Waals surface area (Å²) in [7, 11) is 0. The molecule has 1 aromatic heterocycles. The van der Waals surface area contributed by atoms with Crippen LogP contribution in [0.15, 0.2) is 48.8 Å². The quantitative estimate of drug-likeness (QED) is 0.258. The molecule has 0 radical (unpaired) electrons. The van der Waals surface area contributed by atoms with Gasteiger partial charge in [-0.05, 0) is 36.6 Å². The first-order valence-corrected chi connectivity index (χ1v) is 9.88. The molecule has 3 nitrogen and oxygen atoms in total. The Morgan fingerprint density at radius 1 is 0.967 bits per heavy atom. The lowest BCUT2D eigenvalue weighted by Gasteiger charge is -2.29. The van der Waals surface area contributed by atoms with Gasteiger partial charge in [0.15, 0.2) is 0 Å². The molecule has 0 aliphatic rings. The van der Waals surface area contributed by atoms with E-state index in [2.05, 4.69) is 16.6 Å². The van der Waals surface area contributed by atoms with Gasteiger partial charge in [-0.25, -0.2) is 0 Å². The van der Waals surface area contributed by atoms with E-state index in [0.29, 0.717) is 17.5 Å². The molecule has 0 spiro atoms. The van der Waals surface area contributed by atoms with E-state index in [-0.39, 0.29) is 17.0 Å². The smallest absolute Gasteiger partial charge is 0.428 e. The molecular weight excluding hydrogens is 466 g/mol. The van der Waals surface area contributed by atoms with Gasteiger partial charge in [-0.2, -0.15) is 17.6 Å². The molecule has 2 aromatic rings. The standard InChI is InChI=1S/C22H27F4NO2.BrH/c1-2-3-4-5-6-7-14-21(28,18-9-8-15-27-16-18)17-10-12-19(13-11-17)29-22(25,26)20(23)24;/h8-13,15-16,20,28H,2-7,14H2,1H3;1H. The fourth-order valence-electron chi connectivity index (χ4n) is 3.22. The first-order chi connectivity index (χ1) is 13.8. The van der Waals surface area contributed by atoms with Crippen molar-refractivity contribution >= 4 is 17.0 Å². The first-order valence-electron chi connectivity index (χ1n) is 9.88. The van der Waals surface area contributed by atoms with Gasteiger partial charge in [-0.3, -0.25) is 4.98 Å². The number of halogens is 5. The summed E-state index contributed by atoms with van der Waals surface area (Å²) in [5.41, 5.74) is -0.310. The number of pyridine rings is 1. The Balaban J connectivity index is 0.00000450. The lowest BCUT2D eigenvalue weighted by molar-refractivity contribution is -0.253. The van der Waals surface area contributed by atoms with Gasteiger partial charge in [-0.1, -0.05) is 57.2 Å². The van der Waals surface area contributed by atoms with Gasteiger partial charge in [-0.15, -0.1) is 17.0 Å². The third kappa shape index (κ3) is 7.23. The number of aliphatic hydroxyl groups is 1. The number of benzene rings is 1. The van der Waals surface area contributed by atoms with Gasteiger partial charge < -0.3 is 9.84 Å². The molecule has 30 heavy (non-hydrogen) atoms. The Morgan fingerprint density at radius 3 is 2.17 bits per heavy atom. The molecule has 0 aliphatic carbocycles. The zero-order chi connectivity index (χ0) is 21.3. The monoisotopic (exact) mass is 493 g/mol. The Hall–Kier alpha value is -1.67. The van der Waals surface area contributed by atoms with Crippen LogP contribution in [-0.2, 0) is 5.60 Å². The van der Waals surface area contributed by atoms with Crippen LogP contribution >= 0.6 is 17.0 Å². The highest BCUT2D eigenvalue weighted by Gasteiger charge is 2.44. The van der Waals surface area contributed by atoms with Crippen LogP contribution in [0.25, 0.3) is 0 Å². The van der Waals surface area contributed by atoms with Crippen molar-refractivity contribution in [1.82, 2.24) is 4.98 Å². The van der Waals surface area contributed by atoms with E-state index in [1.807, 2.05) is 0 Å². The maximum atomic E-state index is 13.1. The van der Waals surface area contributed by atoms with E-state index < -0.39 is 23.9 Å². The van der Waals surface area contributed by atoms with Crippen LogP contribution < -0.4 is 4.74 Å². The fourth-order valence-corrected chi connectivity index (χ4v) is 3.22. The number of ether oxygens (including phenoxy) is 1. The summed E-state index contributed by atoms with van der Waals surface area (Å²) in [5, 5.41) is 11.4. The van der Waals surface area contributed by atoms with Crippen molar-refractivity contribution in [1.29, 1.82) is 0 Å². The van der Waals surface area contributed by atoms with Crippen molar-refractivity contribution in [2.75, 3.05) is 0 Å². The summed E-state index contributed by atoms with van der Waals surface area (Å²) in [6.45, 7) is 2.14. The van der Waals surface area contributed by atoms with E-state index in [4.69, 9.17) is 0 Å². The van der Waals surface area contributed by atoms with Crippen LogP contribution in [0.4, 0.5) is 17.6 Å². The van der Waals surface area contributed by atoms with Crippen LogP contribution in [0, 0.1) is 0 Å². The van der Waals surface area contributed by atoms with Crippen molar-refractivity contribution in [2.24, 2.45) is 0 Å². The van der Waals surface area contributed by atoms with Crippen LogP contribution in [0.5, 0.6) is 5.75 Å². The Morgan fingerprint density at radius 2 is 1.60 bits per heavy atom. The molecule has 1 atom stereocenters. The van der Waals surface area contributed by atoms with Crippen molar-refractivity contribution in [3.8, 4) is 5.75 Å². The molecule has 1 unspecified atom stereocenters. The molecule has 1 aromatic carbocycles. The second-order valence-corrected chi connectivity index (χ2v) is 7.11. The molecule has 0 amide bonds. The van der Waals surface area contributed by atoms with E-state index in [1.165, 1.54) is 18.6 Å². The lowest BCUT2D eigenvalue weighted by Crippen LogP contribution is -2.33. The molecule has 0 bridgehead atoms. The van der Waals surface area contributed by atoms with Crippen LogP contribution in [0.3, 0.4) is 0 Å². The molecule has 168 valence electrons. The topological polar surface area (TPSA) is 42.4 Å². The second kappa shape index (κ2) is 12.2. The maximum absolute atomic E-state index is 13.1. The third-order valence-corrected chi connectivity index (χ3v) is 4.87. The Kier molecular flexibility index (Phi) is 10.8. The number of hydrogen-bond acceptors (Lipinski definition) is 3. The van der Waals surface area contributed by atoms with Gasteiger partial charge in [0.1, 0.15) is 11.4 Å². The maximum Gasteiger partial charge on any atom is 0.461 e. The summed E-state index contributed by atoms with van der Waals surface area (Å²) < 4.78 is 54.9. The predicted molar refractivity (Wildman–Crippen MR) is 114 cm³/mol. The zero-order valence-electron chi connectivity index (χ0n) is 16.9. The second-order valence-electron chi connectivity index (χ2n) is 7.11. The number of alkyl halides is 4. The summed E-state index contributed by atoms with van der Waals surface area (Å²) in [6, 6.07) is 8.62. The highest BCUT2D eigenvalue weighted by molar-refractivity contribution is 8.93. The lowest BCUT2D eigenvalue weighted by atomic mass is 9.82. The average Bonchev–Trinajstić information content (AvgIpc) is 2.71. The predicted octanol–water partition coefficient (Wildman–Crippen LogP) is 6.88. The van der Waals surface area contributed by atoms with E-state index in [9.17, 15) is 22.7 Å². The van der Waals surface area contributed by atoms with E-state index in [1.54, 1.807) is 24.5 Å². The van der Waals surface area contributed by atoms with Crippen LogP contribution in [-0.4, -0.2) is 22.6 Å². The fraction of sp³-hybridized carbons (Fsp3) is 0.500. The summed E-state index contributed by atoms with van der Waals surface area (Å²) in [5.74, 6) is -0.396. The highest BCUT2D eigenvalue weighted by atomic mass is 79.9. The highest BCUT2D eigenvalue weighted by Crippen LogP contribution is 2.36. The Bertz CT molecular complexity index is 732. The average molecular weight is 494 g/mol. The van der Waals surface area contributed by atoms with Gasteiger partial charge in [0, 0.05) is 18.0 Å². The van der Waals surface area contributed by atoms with Crippen molar-refractivity contribution in [2.45, 2.75) is 70.0 Å². The van der Waals surface area contributed by atoms with Crippen molar-refractivity contribution in [3.63, 3.8) is 0 Å². The molecule has 0 aliphatic heterocycles. The molecule has 0 saturated carbocycles. The third-order valence-electron chi connectivity index (χ3n) is 4.87. The summed E-state index contributed by atoms with van der Waals surface area (Å²) in [4.78, 5) is 4.06. The van der Waals surface area contributed by atoms with Crippen molar-refractivity contribution in [3.05, 3.63) is 59.9 Å². The van der Waals surface area contributed by atoms with Gasteiger partial charge >= 0.3 is 12.5 Å². The molecule has 1 N–H and O–H groups in total. The summed E-state index contributed by atoms with van der Waals surface area (Å²) in [6.07, 6.45) is 1.38. The normalized spacial score (nSPS) is 13.6. The SMILES string of the molecule is Br.CCCCCCCCC(O)(c1ccc(OC(F)(F)C(F)F)cc1)c1cccnc1. The molecule has 8 heteroatoms. The first kappa shape index (κ1) is 26.4. The van der Waals surface area contributed by atoms with Gasteiger partial charge in [0.25, 0.3) is 0 Å². The van der Waals surface area contributed by atoms with Crippen LogP contribution in [0.2, 0.25) is 0 Å². The largest absolute Gasteiger partial charge is 0.461 e. The summed E-state index contributed by atoms with van der Waals surface area (Å²) >= 11 is 0. The minimum atomic E-state index is -4.57. The van der Waals surface area contributed by atoms with Crippen molar-refractivity contribution < 1.29 is 27.4 Å². The van der Waals surface area contributed by atoms with Gasteiger partial charge in [0.2, 0.25) is 0 Å². The molecule has 1 heterocycles.